The van der Waals surface area contributed by atoms with Gasteiger partial charge in [-0.3, -0.25) is 4.79 Å². The minimum atomic E-state index is -0.0394. The van der Waals surface area contributed by atoms with Gasteiger partial charge in [-0.05, 0) is 48.7 Å². The van der Waals surface area contributed by atoms with Gasteiger partial charge in [-0.15, -0.1) is 0 Å². The molecule has 2 aromatic carbocycles. The number of carbonyl (C=O) groups is 1. The van der Waals surface area contributed by atoms with Crippen LogP contribution in [-0.2, 0) is 11.3 Å². The smallest absolute Gasteiger partial charge is 0.223 e. The molecule has 1 N–H and O–H groups in total. The van der Waals surface area contributed by atoms with Crippen LogP contribution < -0.4 is 19.5 Å². The molecule has 0 saturated carbocycles. The second-order valence-corrected chi connectivity index (χ2v) is 6.40. The summed E-state index contributed by atoms with van der Waals surface area (Å²) in [4.78, 5) is 12.1. The molecule has 0 unspecified atom stereocenters. The van der Waals surface area contributed by atoms with E-state index >= 15 is 0 Å². The second-order valence-electron chi connectivity index (χ2n) is 6.40. The summed E-state index contributed by atoms with van der Waals surface area (Å²) >= 11 is 0. The molecule has 0 aliphatic carbocycles. The monoisotopic (exact) mass is 355 g/mol. The van der Waals surface area contributed by atoms with E-state index in [0.717, 1.165) is 34.8 Å². The highest BCUT2D eigenvalue weighted by molar-refractivity contribution is 5.76. The Morgan fingerprint density at radius 1 is 1.12 bits per heavy atom. The van der Waals surface area contributed by atoms with Crippen LogP contribution in [0.3, 0.4) is 0 Å². The van der Waals surface area contributed by atoms with E-state index in [4.69, 9.17) is 14.2 Å². The van der Waals surface area contributed by atoms with Crippen LogP contribution in [0.5, 0.6) is 17.2 Å². The molecular weight excluding hydrogens is 330 g/mol. The van der Waals surface area contributed by atoms with Crippen LogP contribution in [0.1, 0.15) is 29.5 Å². The van der Waals surface area contributed by atoms with Crippen molar-refractivity contribution in [2.45, 2.75) is 33.2 Å². The molecule has 0 fully saturated rings. The molecule has 3 rings (SSSR count). The Labute approximate surface area is 154 Å². The van der Waals surface area contributed by atoms with Crippen molar-refractivity contribution in [3.05, 3.63) is 53.1 Å². The maximum Gasteiger partial charge on any atom is 0.223 e. The number of rotatable bonds is 6. The van der Waals surface area contributed by atoms with Crippen molar-refractivity contribution < 1.29 is 19.0 Å². The van der Waals surface area contributed by atoms with Crippen LogP contribution in [0.25, 0.3) is 0 Å². The number of ether oxygens (including phenoxy) is 3. The molecule has 5 heteroatoms. The molecule has 0 atom stereocenters. The number of nitrogens with one attached hydrogen (secondary N) is 1. The van der Waals surface area contributed by atoms with Gasteiger partial charge in [0, 0.05) is 13.0 Å². The predicted molar refractivity (Wildman–Crippen MR) is 99.9 cm³/mol. The van der Waals surface area contributed by atoms with E-state index in [9.17, 15) is 4.79 Å². The standard InChI is InChI=1S/C21H25NO4/c1-15-5-3-6-18(16(15)2)26-12-9-21(23)22-14-17-7-8-19-20(13-17)25-11-4-10-24-19/h3,5-8,13H,4,9-12,14H2,1-2H3,(H,22,23). The summed E-state index contributed by atoms with van der Waals surface area (Å²) in [5.41, 5.74) is 3.28. The van der Waals surface area contributed by atoms with Gasteiger partial charge in [-0.25, -0.2) is 0 Å². The number of hydrogen-bond donors (Lipinski definition) is 1. The third-order valence-corrected chi connectivity index (χ3v) is 4.44. The van der Waals surface area contributed by atoms with E-state index < -0.39 is 0 Å². The fourth-order valence-corrected chi connectivity index (χ4v) is 2.74. The van der Waals surface area contributed by atoms with Gasteiger partial charge in [0.05, 0.1) is 26.2 Å². The molecule has 1 amide bonds. The maximum atomic E-state index is 12.1. The fraction of sp³-hybridized carbons (Fsp3) is 0.381. The number of benzene rings is 2. The summed E-state index contributed by atoms with van der Waals surface area (Å²) in [6.07, 6.45) is 1.19. The average Bonchev–Trinajstić information content (AvgIpc) is 2.88. The van der Waals surface area contributed by atoms with E-state index in [1.807, 2.05) is 50.2 Å². The van der Waals surface area contributed by atoms with E-state index in [0.29, 0.717) is 32.8 Å². The molecule has 0 spiro atoms. The topological polar surface area (TPSA) is 56.8 Å². The molecule has 138 valence electrons. The third kappa shape index (κ3) is 4.69. The van der Waals surface area contributed by atoms with Crippen molar-refractivity contribution >= 4 is 5.91 Å². The van der Waals surface area contributed by atoms with Crippen LogP contribution in [0.15, 0.2) is 36.4 Å². The van der Waals surface area contributed by atoms with Gasteiger partial charge < -0.3 is 19.5 Å². The van der Waals surface area contributed by atoms with E-state index in [2.05, 4.69) is 5.32 Å². The first-order valence-electron chi connectivity index (χ1n) is 8.98. The normalized spacial score (nSPS) is 13.0. The Kier molecular flexibility index (Phi) is 6.00. The summed E-state index contributed by atoms with van der Waals surface area (Å²) in [7, 11) is 0. The Hall–Kier alpha value is -2.69. The number of hydrogen-bond acceptors (Lipinski definition) is 4. The first kappa shape index (κ1) is 18.1. The summed E-state index contributed by atoms with van der Waals surface area (Å²) in [6, 6.07) is 11.7. The summed E-state index contributed by atoms with van der Waals surface area (Å²) < 4.78 is 17.0. The molecule has 0 aromatic heterocycles. The van der Waals surface area contributed by atoms with Gasteiger partial charge in [-0.2, -0.15) is 0 Å². The van der Waals surface area contributed by atoms with Crippen molar-refractivity contribution in [2.24, 2.45) is 0 Å². The minimum absolute atomic E-state index is 0.0394. The molecule has 0 saturated heterocycles. The molecule has 1 heterocycles. The zero-order valence-corrected chi connectivity index (χ0v) is 15.3. The molecule has 0 bridgehead atoms. The number of fused-ring (bicyclic) bond motifs is 1. The second kappa shape index (κ2) is 8.61. The van der Waals surface area contributed by atoms with Gasteiger partial charge in [0.15, 0.2) is 11.5 Å². The first-order chi connectivity index (χ1) is 12.6. The van der Waals surface area contributed by atoms with Crippen molar-refractivity contribution in [3.63, 3.8) is 0 Å². The van der Waals surface area contributed by atoms with Gasteiger partial charge >= 0.3 is 0 Å². The first-order valence-corrected chi connectivity index (χ1v) is 8.98. The third-order valence-electron chi connectivity index (χ3n) is 4.44. The highest BCUT2D eigenvalue weighted by Crippen LogP contribution is 2.30. The summed E-state index contributed by atoms with van der Waals surface area (Å²) in [6.45, 7) is 6.21. The van der Waals surface area contributed by atoms with Crippen molar-refractivity contribution in [2.75, 3.05) is 19.8 Å². The Balaban J connectivity index is 1.45. The van der Waals surface area contributed by atoms with Gasteiger partial charge in [0.2, 0.25) is 5.91 Å². The fourth-order valence-electron chi connectivity index (χ4n) is 2.74. The van der Waals surface area contributed by atoms with E-state index in [1.165, 1.54) is 5.56 Å². The van der Waals surface area contributed by atoms with Gasteiger partial charge in [-0.1, -0.05) is 18.2 Å². The zero-order chi connectivity index (χ0) is 18.4. The van der Waals surface area contributed by atoms with Gasteiger partial charge in [0.1, 0.15) is 5.75 Å². The lowest BCUT2D eigenvalue weighted by Gasteiger charge is -2.12. The van der Waals surface area contributed by atoms with Crippen LogP contribution >= 0.6 is 0 Å². The Bertz CT molecular complexity index is 773. The lowest BCUT2D eigenvalue weighted by molar-refractivity contribution is -0.121. The maximum absolute atomic E-state index is 12.1. The molecule has 1 aliphatic rings. The van der Waals surface area contributed by atoms with E-state index in [-0.39, 0.29) is 5.91 Å². The number of carbonyl (C=O) groups excluding carboxylic acids is 1. The van der Waals surface area contributed by atoms with Crippen LogP contribution in [0.4, 0.5) is 0 Å². The van der Waals surface area contributed by atoms with Crippen molar-refractivity contribution in [1.29, 1.82) is 0 Å². The summed E-state index contributed by atoms with van der Waals surface area (Å²) in [5.74, 6) is 2.30. The van der Waals surface area contributed by atoms with Crippen LogP contribution in [0.2, 0.25) is 0 Å². The lowest BCUT2D eigenvalue weighted by atomic mass is 10.1. The van der Waals surface area contributed by atoms with Crippen molar-refractivity contribution in [1.82, 2.24) is 5.32 Å². The Morgan fingerprint density at radius 3 is 2.77 bits per heavy atom. The quantitative estimate of drug-likeness (QED) is 0.861. The number of amides is 1. The van der Waals surface area contributed by atoms with Crippen LogP contribution in [-0.4, -0.2) is 25.7 Å². The number of aryl methyl sites for hydroxylation is 1. The van der Waals surface area contributed by atoms with Gasteiger partial charge in [0.25, 0.3) is 0 Å². The average molecular weight is 355 g/mol. The molecule has 0 radical (unpaired) electrons. The summed E-state index contributed by atoms with van der Waals surface area (Å²) in [5, 5.41) is 2.92. The zero-order valence-electron chi connectivity index (χ0n) is 15.3. The molecular formula is C21H25NO4. The van der Waals surface area contributed by atoms with E-state index in [1.54, 1.807) is 0 Å². The highest BCUT2D eigenvalue weighted by Gasteiger charge is 2.11. The molecule has 5 nitrogen and oxygen atoms in total. The Morgan fingerprint density at radius 2 is 1.92 bits per heavy atom. The SMILES string of the molecule is Cc1cccc(OCCC(=O)NCc2ccc3c(c2)OCCCO3)c1C. The molecule has 2 aromatic rings. The molecule has 26 heavy (non-hydrogen) atoms. The lowest BCUT2D eigenvalue weighted by Crippen LogP contribution is -2.24. The predicted octanol–water partition coefficient (Wildman–Crippen LogP) is 3.55. The highest BCUT2D eigenvalue weighted by atomic mass is 16.5. The van der Waals surface area contributed by atoms with Crippen molar-refractivity contribution in [3.8, 4) is 17.2 Å². The van der Waals surface area contributed by atoms with Crippen LogP contribution in [0, 0.1) is 13.8 Å². The minimum Gasteiger partial charge on any atom is -0.493 e. The largest absolute Gasteiger partial charge is 0.493 e. The molecule has 1 aliphatic heterocycles.